The molecule has 9 heteroatoms. The van der Waals surface area contributed by atoms with E-state index in [2.05, 4.69) is 16.8 Å². The molecule has 2 N–H and O–H groups in total. The normalized spacial score (nSPS) is 18.6. The van der Waals surface area contributed by atoms with Crippen LogP contribution in [0.5, 0.6) is 5.75 Å². The fourth-order valence-corrected chi connectivity index (χ4v) is 5.40. The maximum Gasteiger partial charge on any atom is 0.303 e. The molecule has 0 spiro atoms. The number of pyridine rings is 1. The number of hydrogen-bond acceptors (Lipinski definition) is 5. The zero-order valence-corrected chi connectivity index (χ0v) is 21.7. The molecule has 2 aromatic carbocycles. The molecule has 38 heavy (non-hydrogen) atoms. The Labute approximate surface area is 225 Å². The van der Waals surface area contributed by atoms with Gasteiger partial charge in [0.15, 0.2) is 0 Å². The lowest BCUT2D eigenvalue weighted by molar-refractivity contribution is -0.139. The lowest BCUT2D eigenvalue weighted by Crippen LogP contribution is -2.41. The SMILES string of the molecule is COc1ccc2ncc(Cl)c([C@@H](O)CC[C@@H]3CCN(CC#Cc4cc(F)ccc4F)C[C@H]3CC(=O)O)c2c1. The molecule has 0 unspecified atom stereocenters. The zero-order chi connectivity index (χ0) is 27.2. The second kappa shape index (κ2) is 12.5. The highest BCUT2D eigenvalue weighted by atomic mass is 35.5. The van der Waals surface area contributed by atoms with E-state index in [-0.39, 0.29) is 23.8 Å². The lowest BCUT2D eigenvalue weighted by atomic mass is 9.79. The van der Waals surface area contributed by atoms with Crippen LogP contribution in [0.4, 0.5) is 8.78 Å². The third-order valence-electron chi connectivity index (χ3n) is 7.08. The maximum absolute atomic E-state index is 13.8. The first kappa shape index (κ1) is 27.8. The van der Waals surface area contributed by atoms with Gasteiger partial charge in [-0.3, -0.25) is 14.7 Å². The molecule has 0 radical (unpaired) electrons. The van der Waals surface area contributed by atoms with Crippen molar-refractivity contribution in [2.75, 3.05) is 26.7 Å². The molecule has 0 amide bonds. The van der Waals surface area contributed by atoms with Gasteiger partial charge in [0.2, 0.25) is 0 Å². The van der Waals surface area contributed by atoms with Crippen molar-refractivity contribution in [1.29, 1.82) is 0 Å². The molecule has 1 fully saturated rings. The second-order valence-corrected chi connectivity index (χ2v) is 9.97. The minimum Gasteiger partial charge on any atom is -0.497 e. The van der Waals surface area contributed by atoms with E-state index in [4.69, 9.17) is 16.3 Å². The summed E-state index contributed by atoms with van der Waals surface area (Å²) in [5.74, 6) is 4.12. The average Bonchev–Trinajstić information content (AvgIpc) is 2.89. The Morgan fingerprint density at radius 1 is 1.26 bits per heavy atom. The topological polar surface area (TPSA) is 82.9 Å². The summed E-state index contributed by atoms with van der Waals surface area (Å²) >= 11 is 6.44. The van der Waals surface area contributed by atoms with Crippen LogP contribution in [0.15, 0.2) is 42.6 Å². The molecule has 2 heterocycles. The lowest BCUT2D eigenvalue weighted by Gasteiger charge is -2.37. The number of methoxy groups -OCH3 is 1. The van der Waals surface area contributed by atoms with E-state index in [9.17, 15) is 23.8 Å². The molecule has 0 saturated carbocycles. The fourth-order valence-electron chi connectivity index (χ4n) is 5.12. The number of likely N-dealkylation sites (tertiary alicyclic amines) is 1. The van der Waals surface area contributed by atoms with Crippen molar-refractivity contribution in [3.8, 4) is 17.6 Å². The van der Waals surface area contributed by atoms with Gasteiger partial charge in [-0.05, 0) is 74.0 Å². The number of aliphatic hydroxyl groups is 1. The van der Waals surface area contributed by atoms with Gasteiger partial charge >= 0.3 is 5.97 Å². The van der Waals surface area contributed by atoms with Gasteiger partial charge < -0.3 is 14.9 Å². The minimum atomic E-state index is -0.884. The first-order valence-corrected chi connectivity index (χ1v) is 12.8. The number of fused-ring (bicyclic) bond motifs is 1. The van der Waals surface area contributed by atoms with Crippen LogP contribution in [0, 0.1) is 35.3 Å². The Morgan fingerprint density at radius 3 is 2.84 bits per heavy atom. The number of aliphatic carboxylic acids is 1. The number of ether oxygens (including phenoxy) is 1. The van der Waals surface area contributed by atoms with E-state index >= 15 is 0 Å². The van der Waals surface area contributed by atoms with Crippen molar-refractivity contribution >= 4 is 28.5 Å². The standard InChI is InChI=1S/C29H29ClF2N2O4/c1-38-22-6-8-26-23(15-22)29(24(30)16-33-26)27(35)9-4-18-10-12-34(17-20(18)14-28(36)37)11-2-3-19-13-21(31)5-7-25(19)32/h5-8,13,15-16,18,20,27,35H,4,9-12,14,17H2,1H3,(H,36,37)/t18-,20-,27+/m1/s1. The van der Waals surface area contributed by atoms with Crippen molar-refractivity contribution in [2.24, 2.45) is 11.8 Å². The number of hydrogen-bond donors (Lipinski definition) is 2. The molecule has 6 nitrogen and oxygen atoms in total. The Kier molecular flexibility index (Phi) is 9.16. The highest BCUT2D eigenvalue weighted by molar-refractivity contribution is 6.32. The minimum absolute atomic E-state index is 0.000637. The summed E-state index contributed by atoms with van der Waals surface area (Å²) in [4.78, 5) is 18.0. The smallest absolute Gasteiger partial charge is 0.303 e. The van der Waals surface area contributed by atoms with Crippen molar-refractivity contribution in [2.45, 2.75) is 31.8 Å². The number of aromatic nitrogens is 1. The quantitative estimate of drug-likeness (QED) is 0.368. The van der Waals surface area contributed by atoms with Gasteiger partial charge in [0.1, 0.15) is 17.4 Å². The maximum atomic E-state index is 13.8. The summed E-state index contributed by atoms with van der Waals surface area (Å²) < 4.78 is 32.5. The van der Waals surface area contributed by atoms with Gasteiger partial charge in [0.05, 0.1) is 35.9 Å². The Hall–Kier alpha value is -3.25. The van der Waals surface area contributed by atoms with Gasteiger partial charge in [-0.25, -0.2) is 8.78 Å². The third-order valence-corrected chi connectivity index (χ3v) is 7.38. The fraction of sp³-hybridized carbons (Fsp3) is 0.379. The molecule has 0 aliphatic carbocycles. The van der Waals surface area contributed by atoms with Gasteiger partial charge in [-0.15, -0.1) is 0 Å². The predicted molar refractivity (Wildman–Crippen MR) is 141 cm³/mol. The molecular weight excluding hydrogens is 514 g/mol. The van der Waals surface area contributed by atoms with E-state index in [0.29, 0.717) is 54.3 Å². The summed E-state index contributed by atoms with van der Waals surface area (Å²) in [6.45, 7) is 1.53. The number of carbonyl (C=O) groups is 1. The molecule has 1 aliphatic rings. The highest BCUT2D eigenvalue weighted by Gasteiger charge is 2.31. The van der Waals surface area contributed by atoms with Gasteiger partial charge in [-0.2, -0.15) is 0 Å². The van der Waals surface area contributed by atoms with Gasteiger partial charge in [-0.1, -0.05) is 23.4 Å². The molecule has 0 bridgehead atoms. The zero-order valence-electron chi connectivity index (χ0n) is 21.0. The number of carboxylic acids is 1. The van der Waals surface area contributed by atoms with Crippen LogP contribution < -0.4 is 4.74 Å². The molecule has 1 aliphatic heterocycles. The molecule has 200 valence electrons. The van der Waals surface area contributed by atoms with Crippen molar-refractivity contribution in [3.05, 3.63) is 70.4 Å². The first-order valence-electron chi connectivity index (χ1n) is 12.4. The molecule has 3 atom stereocenters. The van der Waals surface area contributed by atoms with Gasteiger partial charge in [0, 0.05) is 30.1 Å². The Bertz CT molecular complexity index is 1370. The number of halogens is 3. The van der Waals surface area contributed by atoms with Crippen LogP contribution in [0.1, 0.15) is 42.9 Å². The van der Waals surface area contributed by atoms with Crippen LogP contribution in [0.2, 0.25) is 5.02 Å². The number of benzene rings is 2. The first-order chi connectivity index (χ1) is 18.2. The number of aliphatic hydroxyl groups excluding tert-OH is 1. The monoisotopic (exact) mass is 542 g/mol. The van der Waals surface area contributed by atoms with Crippen molar-refractivity contribution in [1.82, 2.24) is 9.88 Å². The van der Waals surface area contributed by atoms with E-state index < -0.39 is 23.7 Å². The summed E-state index contributed by atoms with van der Waals surface area (Å²) in [6, 6.07) is 8.55. The van der Waals surface area contributed by atoms with Crippen LogP contribution in [-0.4, -0.2) is 52.8 Å². The molecular formula is C29H29ClF2N2O4. The number of carboxylic acid groups (broad SMARTS) is 1. The van der Waals surface area contributed by atoms with Crippen LogP contribution in [-0.2, 0) is 4.79 Å². The van der Waals surface area contributed by atoms with E-state index in [0.717, 1.165) is 30.0 Å². The number of rotatable bonds is 8. The second-order valence-electron chi connectivity index (χ2n) is 9.56. The Morgan fingerprint density at radius 2 is 2.08 bits per heavy atom. The Balaban J connectivity index is 1.42. The third kappa shape index (κ3) is 6.79. The van der Waals surface area contributed by atoms with Crippen LogP contribution in [0.25, 0.3) is 10.9 Å². The summed E-state index contributed by atoms with van der Waals surface area (Å²) in [6.07, 6.45) is 2.44. The highest BCUT2D eigenvalue weighted by Crippen LogP contribution is 2.37. The van der Waals surface area contributed by atoms with Crippen LogP contribution >= 0.6 is 11.6 Å². The van der Waals surface area contributed by atoms with Crippen molar-refractivity contribution < 1.29 is 28.5 Å². The van der Waals surface area contributed by atoms with E-state index in [1.165, 1.54) is 6.20 Å². The average molecular weight is 543 g/mol. The van der Waals surface area contributed by atoms with E-state index in [1.54, 1.807) is 19.2 Å². The molecule has 1 saturated heterocycles. The molecule has 3 aromatic rings. The summed E-state index contributed by atoms with van der Waals surface area (Å²) in [5, 5.41) is 21.7. The molecule has 1 aromatic heterocycles. The number of nitrogens with zero attached hydrogens (tertiary/aromatic N) is 2. The summed E-state index contributed by atoms with van der Waals surface area (Å²) in [7, 11) is 1.57. The van der Waals surface area contributed by atoms with Gasteiger partial charge in [0.25, 0.3) is 0 Å². The molecule has 4 rings (SSSR count). The van der Waals surface area contributed by atoms with Crippen LogP contribution in [0.3, 0.4) is 0 Å². The largest absolute Gasteiger partial charge is 0.497 e. The van der Waals surface area contributed by atoms with E-state index in [1.807, 2.05) is 11.0 Å². The predicted octanol–water partition coefficient (Wildman–Crippen LogP) is 5.45. The number of piperidine rings is 1. The van der Waals surface area contributed by atoms with Crippen molar-refractivity contribution in [3.63, 3.8) is 0 Å². The summed E-state index contributed by atoms with van der Waals surface area (Å²) in [5.41, 5.74) is 1.28.